The molecule has 14 heavy (non-hydrogen) atoms. The molecule has 3 N–H and O–H groups in total. The van der Waals surface area contributed by atoms with E-state index < -0.39 is 18.9 Å². The Morgan fingerprint density at radius 1 is 1.71 bits per heavy atom. The molecule has 0 aliphatic rings. The first-order chi connectivity index (χ1) is 6.61. The Kier molecular flexibility index (Phi) is 3.52. The zero-order valence-electron chi connectivity index (χ0n) is 7.28. The lowest BCUT2D eigenvalue weighted by Gasteiger charge is -1.99. The van der Waals surface area contributed by atoms with Gasteiger partial charge in [-0.3, -0.25) is 9.48 Å². The molecule has 1 heterocycles. The van der Waals surface area contributed by atoms with E-state index in [0.29, 0.717) is 0 Å². The first-order valence-electron chi connectivity index (χ1n) is 3.93. The minimum absolute atomic E-state index is 0.165. The van der Waals surface area contributed by atoms with E-state index in [0.717, 1.165) is 4.68 Å². The summed E-state index contributed by atoms with van der Waals surface area (Å²) in [6, 6.07) is 1.43. The topological polar surface area (TPSA) is 72.9 Å². The number of rotatable bonds is 4. The summed E-state index contributed by atoms with van der Waals surface area (Å²) >= 11 is 0. The van der Waals surface area contributed by atoms with Crippen LogP contribution in [-0.2, 0) is 11.3 Å². The van der Waals surface area contributed by atoms with Crippen molar-refractivity contribution in [1.29, 1.82) is 0 Å². The number of carbonyl (C=O) groups excluding carboxylic acids is 1. The van der Waals surface area contributed by atoms with Gasteiger partial charge < -0.3 is 11.1 Å². The number of amides is 1. The summed E-state index contributed by atoms with van der Waals surface area (Å²) in [7, 11) is 0. The molecule has 1 aromatic heterocycles. The minimum Gasteiger partial charge on any atom is -0.322 e. The van der Waals surface area contributed by atoms with Crippen molar-refractivity contribution in [3.63, 3.8) is 0 Å². The van der Waals surface area contributed by atoms with Crippen LogP contribution in [0.3, 0.4) is 0 Å². The fourth-order valence-corrected chi connectivity index (χ4v) is 0.865. The van der Waals surface area contributed by atoms with E-state index in [1.54, 1.807) is 0 Å². The molecule has 0 aromatic carbocycles. The lowest BCUT2D eigenvalue weighted by molar-refractivity contribution is -0.114. The Hall–Kier alpha value is -1.50. The molecule has 5 nitrogen and oxygen atoms in total. The van der Waals surface area contributed by atoms with Gasteiger partial charge >= 0.3 is 0 Å². The molecule has 7 heteroatoms. The highest BCUT2D eigenvalue weighted by Crippen LogP contribution is 2.04. The molecule has 0 spiro atoms. The highest BCUT2D eigenvalue weighted by atomic mass is 19.3. The van der Waals surface area contributed by atoms with Crippen molar-refractivity contribution in [3.05, 3.63) is 12.3 Å². The second kappa shape index (κ2) is 4.66. The molecule has 0 atom stereocenters. The normalized spacial score (nSPS) is 10.6. The van der Waals surface area contributed by atoms with Crippen LogP contribution in [0.4, 0.5) is 14.6 Å². The van der Waals surface area contributed by atoms with Crippen molar-refractivity contribution < 1.29 is 13.6 Å². The number of anilines is 1. The third-order valence-electron chi connectivity index (χ3n) is 1.42. The fourth-order valence-electron chi connectivity index (χ4n) is 0.865. The molecule has 0 unspecified atom stereocenters. The van der Waals surface area contributed by atoms with E-state index >= 15 is 0 Å². The second-order valence-electron chi connectivity index (χ2n) is 2.57. The van der Waals surface area contributed by atoms with E-state index in [4.69, 9.17) is 5.73 Å². The van der Waals surface area contributed by atoms with E-state index in [1.807, 2.05) is 0 Å². The molecule has 78 valence electrons. The number of alkyl halides is 2. The van der Waals surface area contributed by atoms with Gasteiger partial charge in [-0.2, -0.15) is 5.10 Å². The Balaban J connectivity index is 2.55. The summed E-state index contributed by atoms with van der Waals surface area (Å²) in [6.45, 7) is -0.653. The summed E-state index contributed by atoms with van der Waals surface area (Å²) in [6.07, 6.45) is -1.11. The average molecular weight is 204 g/mol. The zero-order chi connectivity index (χ0) is 10.6. The number of nitrogens with zero attached hydrogens (tertiary/aromatic N) is 2. The monoisotopic (exact) mass is 204 g/mol. The van der Waals surface area contributed by atoms with E-state index in [-0.39, 0.29) is 12.4 Å². The summed E-state index contributed by atoms with van der Waals surface area (Å²) in [5, 5.41) is 6.03. The predicted octanol–water partition coefficient (Wildman–Crippen LogP) is 0.0454. The molecular weight excluding hydrogens is 194 g/mol. The molecule has 0 aliphatic carbocycles. The Morgan fingerprint density at radius 2 is 2.43 bits per heavy atom. The van der Waals surface area contributed by atoms with Crippen LogP contribution in [0.25, 0.3) is 0 Å². The van der Waals surface area contributed by atoms with Gasteiger partial charge in [0.1, 0.15) is 6.54 Å². The van der Waals surface area contributed by atoms with Crippen LogP contribution >= 0.6 is 0 Å². The molecule has 0 radical (unpaired) electrons. The maximum atomic E-state index is 11.9. The Morgan fingerprint density at radius 3 is 3.00 bits per heavy atom. The molecule has 0 aliphatic heterocycles. The van der Waals surface area contributed by atoms with E-state index in [2.05, 4.69) is 10.4 Å². The summed E-state index contributed by atoms with van der Waals surface area (Å²) < 4.78 is 24.8. The SMILES string of the molecule is NCC(=O)Nc1ccn(CC(F)F)n1. The quantitative estimate of drug-likeness (QED) is 0.727. The Labute approximate surface area is 78.9 Å². The van der Waals surface area contributed by atoms with Gasteiger partial charge in [0.15, 0.2) is 5.82 Å². The van der Waals surface area contributed by atoms with Crippen molar-refractivity contribution in [1.82, 2.24) is 9.78 Å². The van der Waals surface area contributed by atoms with Gasteiger partial charge in [-0.15, -0.1) is 0 Å². The molecule has 1 rings (SSSR count). The maximum absolute atomic E-state index is 11.9. The lowest BCUT2D eigenvalue weighted by atomic mass is 10.5. The summed E-state index contributed by atoms with van der Waals surface area (Å²) in [5.74, 6) is -0.187. The molecular formula is C7H10F2N4O. The van der Waals surface area contributed by atoms with Gasteiger partial charge in [0.2, 0.25) is 5.91 Å². The smallest absolute Gasteiger partial charge is 0.257 e. The molecule has 1 aromatic rings. The van der Waals surface area contributed by atoms with Gasteiger partial charge in [-0.1, -0.05) is 0 Å². The van der Waals surface area contributed by atoms with Gasteiger partial charge in [-0.05, 0) is 0 Å². The largest absolute Gasteiger partial charge is 0.322 e. The lowest BCUT2D eigenvalue weighted by Crippen LogP contribution is -2.22. The maximum Gasteiger partial charge on any atom is 0.257 e. The average Bonchev–Trinajstić information content (AvgIpc) is 2.51. The zero-order valence-corrected chi connectivity index (χ0v) is 7.28. The first-order valence-corrected chi connectivity index (χ1v) is 3.93. The highest BCUT2D eigenvalue weighted by Gasteiger charge is 2.06. The third kappa shape index (κ3) is 3.09. The molecule has 0 saturated carbocycles. The minimum atomic E-state index is -2.46. The number of aromatic nitrogens is 2. The number of carbonyl (C=O) groups is 1. The standard InChI is InChI=1S/C7H10F2N4O/c8-5(9)4-13-2-1-6(12-13)11-7(14)3-10/h1-2,5H,3-4,10H2,(H,11,12,14). The third-order valence-corrected chi connectivity index (χ3v) is 1.42. The van der Waals surface area contributed by atoms with Gasteiger partial charge in [0, 0.05) is 12.3 Å². The van der Waals surface area contributed by atoms with Crippen LogP contribution in [-0.4, -0.2) is 28.7 Å². The molecule has 1 amide bonds. The fraction of sp³-hybridized carbons (Fsp3) is 0.429. The highest BCUT2D eigenvalue weighted by molar-refractivity contribution is 5.91. The van der Waals surface area contributed by atoms with Crippen molar-refractivity contribution in [2.45, 2.75) is 13.0 Å². The van der Waals surface area contributed by atoms with Crippen LogP contribution < -0.4 is 11.1 Å². The van der Waals surface area contributed by atoms with Gasteiger partial charge in [0.05, 0.1) is 6.54 Å². The van der Waals surface area contributed by atoms with Crippen LogP contribution in [0.1, 0.15) is 0 Å². The number of nitrogens with one attached hydrogen (secondary N) is 1. The van der Waals surface area contributed by atoms with Gasteiger partial charge in [-0.25, -0.2) is 8.78 Å². The number of hydrogen-bond donors (Lipinski definition) is 2. The van der Waals surface area contributed by atoms with Crippen LogP contribution in [0.2, 0.25) is 0 Å². The second-order valence-corrected chi connectivity index (χ2v) is 2.57. The van der Waals surface area contributed by atoms with Crippen molar-refractivity contribution >= 4 is 11.7 Å². The van der Waals surface area contributed by atoms with Crippen LogP contribution in [0.5, 0.6) is 0 Å². The number of hydrogen-bond acceptors (Lipinski definition) is 3. The Bertz CT molecular complexity index is 312. The van der Waals surface area contributed by atoms with Gasteiger partial charge in [0.25, 0.3) is 6.43 Å². The molecule has 0 saturated heterocycles. The summed E-state index contributed by atoms with van der Waals surface area (Å²) in [4.78, 5) is 10.8. The van der Waals surface area contributed by atoms with E-state index in [9.17, 15) is 13.6 Å². The van der Waals surface area contributed by atoms with Crippen molar-refractivity contribution in [2.75, 3.05) is 11.9 Å². The molecule has 0 fully saturated rings. The number of nitrogens with two attached hydrogens (primary N) is 1. The summed E-state index contributed by atoms with van der Waals surface area (Å²) in [5.41, 5.74) is 5.04. The van der Waals surface area contributed by atoms with Crippen molar-refractivity contribution in [3.8, 4) is 0 Å². The number of halogens is 2. The molecule has 0 bridgehead atoms. The van der Waals surface area contributed by atoms with Crippen LogP contribution in [0, 0.1) is 0 Å². The van der Waals surface area contributed by atoms with Crippen molar-refractivity contribution in [2.24, 2.45) is 5.73 Å². The van der Waals surface area contributed by atoms with Crippen LogP contribution in [0.15, 0.2) is 12.3 Å². The first kappa shape index (κ1) is 10.6. The van der Waals surface area contributed by atoms with E-state index in [1.165, 1.54) is 12.3 Å². The predicted molar refractivity (Wildman–Crippen MR) is 45.9 cm³/mol.